The zero-order valence-corrected chi connectivity index (χ0v) is 38.2. The van der Waals surface area contributed by atoms with Crippen molar-refractivity contribution in [3.63, 3.8) is 0 Å². The quantitative estimate of drug-likeness (QED) is 0.123. The number of pyridine rings is 1. The molecule has 0 fully saturated rings. The molecule has 0 aliphatic carbocycles. The van der Waals surface area contributed by atoms with E-state index in [1.807, 2.05) is 72.8 Å². The fourth-order valence-electron chi connectivity index (χ4n) is 9.32. The summed E-state index contributed by atoms with van der Waals surface area (Å²) in [5, 5.41) is 0. The van der Waals surface area contributed by atoms with Crippen LogP contribution in [0.1, 0.15) is 92.2 Å². The van der Waals surface area contributed by atoms with E-state index in [2.05, 4.69) is 116 Å². The van der Waals surface area contributed by atoms with Crippen molar-refractivity contribution in [2.75, 3.05) is 0 Å². The van der Waals surface area contributed by atoms with Crippen LogP contribution in [0.25, 0.3) is 50.5 Å². The van der Waals surface area contributed by atoms with E-state index in [1.54, 1.807) is 18.2 Å². The molecule has 5 nitrogen and oxygen atoms in total. The Balaban J connectivity index is 0.000000281. The van der Waals surface area contributed by atoms with Crippen LogP contribution in [0.5, 0.6) is 0 Å². The van der Waals surface area contributed by atoms with Gasteiger partial charge in [0.2, 0.25) is 6.71 Å². The number of benzene rings is 7. The Labute approximate surface area is 392 Å². The van der Waals surface area contributed by atoms with Gasteiger partial charge in [-0.05, 0) is 58.2 Å². The van der Waals surface area contributed by atoms with Gasteiger partial charge in [0.15, 0.2) is 11.6 Å². The van der Waals surface area contributed by atoms with Gasteiger partial charge in [0.1, 0.15) is 0 Å². The maximum atomic E-state index is 14.1. The minimum atomic E-state index is -2.09. The third-order valence-electron chi connectivity index (χ3n) is 12.3. The van der Waals surface area contributed by atoms with Crippen LogP contribution in [-0.2, 0) is 20.1 Å². The molecule has 11 rings (SSSR count). The zero-order chi connectivity index (χ0) is 45.9. The summed E-state index contributed by atoms with van der Waals surface area (Å²) in [7, 11) is 0. The van der Waals surface area contributed by atoms with E-state index in [-0.39, 0.29) is 55.8 Å². The molecule has 0 saturated carbocycles. The van der Waals surface area contributed by atoms with Gasteiger partial charge in [0.05, 0.1) is 16.9 Å². The maximum Gasteiger partial charge on any atom is 0.226 e. The molecule has 9 aromatic rings. The topological polar surface area (TPSA) is 64.8 Å². The largest absolute Gasteiger partial charge is 0.332 e. The molecule has 0 bridgehead atoms. The van der Waals surface area contributed by atoms with E-state index in [1.165, 1.54) is 17.3 Å². The standard InChI is InChI=1S/C45H34BN2O2.C12H10N.Ir/c1-26(2)30-16-10-17-31(27(3)4)41(30)48-42-32(28-13-6-5-7-14-28)18-12-22-39(42)47-45(48)29-23-24-34-38(25-29)46-37-21-9-8-15-33(37)43(49)35-19-11-20-36(40(35)46)44(34)50;1-10-7-8-12(13-9-10)11-5-3-2-4-6-11;/h5-22,24-27H,1-4H3;2-5,7-9H,1H3;/q2*-1;/i;1D3;. The normalized spacial score (nSPS) is 13.2. The first kappa shape index (κ1) is 38.9. The molecular formula is C57H44BIrN3O2-2. The van der Waals surface area contributed by atoms with Gasteiger partial charge in [-0.2, -0.15) is 0 Å². The molecule has 1 radical (unpaired) electrons. The summed E-state index contributed by atoms with van der Waals surface area (Å²) in [5.41, 5.74) is 15.5. The van der Waals surface area contributed by atoms with Gasteiger partial charge in [-0.15, -0.1) is 65.1 Å². The minimum Gasteiger partial charge on any atom is -0.332 e. The molecule has 0 N–H and O–H groups in total. The fourth-order valence-corrected chi connectivity index (χ4v) is 9.32. The number of imidazole rings is 1. The number of aromatic nitrogens is 3. The predicted molar refractivity (Wildman–Crippen MR) is 257 cm³/mol. The summed E-state index contributed by atoms with van der Waals surface area (Å²) in [5.74, 6) is 1.18. The maximum absolute atomic E-state index is 14.1. The van der Waals surface area contributed by atoms with Gasteiger partial charge >= 0.3 is 0 Å². The van der Waals surface area contributed by atoms with Crippen molar-refractivity contribution in [3.05, 3.63) is 215 Å². The van der Waals surface area contributed by atoms with Gasteiger partial charge in [-0.3, -0.25) is 14.6 Å². The number of hydrogen-bond donors (Lipinski definition) is 0. The summed E-state index contributed by atoms with van der Waals surface area (Å²) in [6, 6.07) is 58.1. The molecule has 2 aliphatic heterocycles. The first-order chi connectivity index (χ1) is 31.9. The number of fused-ring (bicyclic) bond motifs is 5. The SMILES string of the molecule is CC(C)c1cccc(C(C)C)c1-n1c(-c2[c-]cc3c(c2)B2c4ccccc4C(=O)c4cccc(c42)C3=O)nc2cccc(-c3ccccc3)c21.[2H]C([2H])([2H])c1ccc(-c2[c-]cccc2)nc1.[Ir]. The second-order valence-corrected chi connectivity index (χ2v) is 16.8. The second kappa shape index (κ2) is 17.4. The number of nitrogens with zero attached hydrogens (tertiary/aromatic N) is 3. The number of para-hydroxylation sites is 2. The molecule has 7 aromatic carbocycles. The van der Waals surface area contributed by atoms with Crippen LogP contribution < -0.4 is 16.4 Å². The Bertz CT molecular complexity index is 3310. The molecule has 0 atom stereocenters. The molecule has 7 heteroatoms. The number of carbonyl (C=O) groups excluding carboxylic acids is 2. The van der Waals surface area contributed by atoms with E-state index in [9.17, 15) is 9.59 Å². The monoisotopic (exact) mass is 1010 g/mol. The Kier molecular flexibility index (Phi) is 10.6. The van der Waals surface area contributed by atoms with E-state index in [0.717, 1.165) is 66.9 Å². The predicted octanol–water partition coefficient (Wildman–Crippen LogP) is 10.9. The Morgan fingerprint density at radius 1 is 0.625 bits per heavy atom. The first-order valence-corrected chi connectivity index (χ1v) is 21.4. The fraction of sp³-hybridized carbons (Fsp3) is 0.123. The van der Waals surface area contributed by atoms with Gasteiger partial charge < -0.3 is 9.55 Å². The van der Waals surface area contributed by atoms with Crippen molar-refractivity contribution < 1.29 is 33.8 Å². The van der Waals surface area contributed by atoms with E-state index in [4.69, 9.17) is 9.10 Å². The van der Waals surface area contributed by atoms with Crippen molar-refractivity contribution in [1.29, 1.82) is 0 Å². The van der Waals surface area contributed by atoms with Crippen LogP contribution in [0.2, 0.25) is 0 Å². The second-order valence-electron chi connectivity index (χ2n) is 16.8. The number of aryl methyl sites for hydroxylation is 1. The van der Waals surface area contributed by atoms with Crippen molar-refractivity contribution >= 4 is 45.7 Å². The molecule has 0 spiro atoms. The van der Waals surface area contributed by atoms with Crippen molar-refractivity contribution in [2.45, 2.75) is 46.4 Å². The van der Waals surface area contributed by atoms with Gasteiger partial charge in [0, 0.05) is 58.4 Å². The van der Waals surface area contributed by atoms with Crippen LogP contribution in [-0.4, -0.2) is 32.8 Å². The van der Waals surface area contributed by atoms with Crippen molar-refractivity contribution in [3.8, 4) is 39.5 Å². The summed E-state index contributed by atoms with van der Waals surface area (Å²) in [4.78, 5) is 37.4. The third kappa shape index (κ3) is 7.29. The van der Waals surface area contributed by atoms with Crippen LogP contribution in [0.15, 0.2) is 164 Å². The van der Waals surface area contributed by atoms with Gasteiger partial charge in [0.25, 0.3) is 0 Å². The smallest absolute Gasteiger partial charge is 0.226 e. The molecule has 2 aliphatic rings. The summed E-state index contributed by atoms with van der Waals surface area (Å²) >= 11 is 0. The van der Waals surface area contributed by atoms with E-state index < -0.39 is 6.85 Å². The molecular weight excluding hydrogens is 962 g/mol. The molecule has 0 saturated heterocycles. The molecule has 0 unspecified atom stereocenters. The summed E-state index contributed by atoms with van der Waals surface area (Å²) in [6.07, 6.45) is 1.39. The van der Waals surface area contributed by atoms with Gasteiger partial charge in [-0.1, -0.05) is 154 Å². The zero-order valence-electron chi connectivity index (χ0n) is 38.8. The molecule has 0 amide bonds. The Morgan fingerprint density at radius 2 is 1.28 bits per heavy atom. The number of carbonyl (C=O) groups is 2. The Hall–Kier alpha value is -6.79. The molecule has 4 heterocycles. The van der Waals surface area contributed by atoms with E-state index in [0.29, 0.717) is 22.3 Å². The van der Waals surface area contributed by atoms with Crippen LogP contribution >= 0.6 is 0 Å². The molecule has 313 valence electrons. The van der Waals surface area contributed by atoms with Crippen LogP contribution in [0.3, 0.4) is 0 Å². The summed E-state index contributed by atoms with van der Waals surface area (Å²) < 4.78 is 24.1. The first-order valence-electron chi connectivity index (χ1n) is 22.9. The van der Waals surface area contributed by atoms with Crippen molar-refractivity contribution in [1.82, 2.24) is 14.5 Å². The van der Waals surface area contributed by atoms with Crippen LogP contribution in [0.4, 0.5) is 0 Å². The van der Waals surface area contributed by atoms with Crippen molar-refractivity contribution in [2.24, 2.45) is 0 Å². The average Bonchev–Trinajstić information content (AvgIpc) is 3.73. The number of hydrogen-bond acceptors (Lipinski definition) is 4. The average molecular weight is 1010 g/mol. The van der Waals surface area contributed by atoms with E-state index >= 15 is 0 Å². The third-order valence-corrected chi connectivity index (χ3v) is 12.3. The Morgan fingerprint density at radius 3 is 1.97 bits per heavy atom. The number of rotatable bonds is 6. The van der Waals surface area contributed by atoms with Gasteiger partial charge in [-0.25, -0.2) is 0 Å². The van der Waals surface area contributed by atoms with Crippen LogP contribution in [0, 0.1) is 19.0 Å². The molecule has 2 aromatic heterocycles. The minimum absolute atomic E-state index is 0. The molecule has 64 heavy (non-hydrogen) atoms. The number of ketones is 2. The summed E-state index contributed by atoms with van der Waals surface area (Å²) in [6.45, 7) is 6.62.